The van der Waals surface area contributed by atoms with Gasteiger partial charge < -0.3 is 15.0 Å². The lowest BCUT2D eigenvalue weighted by Gasteiger charge is -2.34. The Labute approximate surface area is 136 Å². The Bertz CT molecular complexity index is 611. The topological polar surface area (TPSA) is 65.4 Å². The molecule has 0 aliphatic carbocycles. The second-order valence-corrected chi connectivity index (χ2v) is 6.66. The number of hydrogen-bond donors (Lipinski definition) is 1. The number of carbonyl (C=O) groups is 1. The van der Waals surface area contributed by atoms with Gasteiger partial charge in [0.05, 0.1) is 11.3 Å². The lowest BCUT2D eigenvalue weighted by atomic mass is 10.0. The Hall–Kier alpha value is -2.29. The van der Waals surface area contributed by atoms with Crippen LogP contribution in [0.1, 0.15) is 39.2 Å². The minimum atomic E-state index is -0.528. The summed E-state index contributed by atoms with van der Waals surface area (Å²) in [6.45, 7) is 6.61. The van der Waals surface area contributed by atoms with Crippen molar-refractivity contribution in [3.05, 3.63) is 29.6 Å². The maximum atomic E-state index is 14.0. The van der Waals surface area contributed by atoms with Crippen LogP contribution in [0, 0.1) is 17.1 Å². The van der Waals surface area contributed by atoms with Gasteiger partial charge in [-0.3, -0.25) is 0 Å². The fourth-order valence-corrected chi connectivity index (χ4v) is 2.65. The molecule has 1 aromatic carbocycles. The van der Waals surface area contributed by atoms with Crippen LogP contribution in [0.25, 0.3) is 0 Å². The van der Waals surface area contributed by atoms with Crippen molar-refractivity contribution in [1.29, 1.82) is 5.26 Å². The molecule has 1 saturated heterocycles. The van der Waals surface area contributed by atoms with Crippen LogP contribution in [0.5, 0.6) is 0 Å². The highest BCUT2D eigenvalue weighted by Crippen LogP contribution is 2.27. The van der Waals surface area contributed by atoms with Gasteiger partial charge in [-0.15, -0.1) is 0 Å². The molecule has 1 aliphatic heterocycles. The van der Waals surface area contributed by atoms with Gasteiger partial charge in [-0.1, -0.05) is 6.07 Å². The molecule has 1 fully saturated rings. The number of benzene rings is 1. The number of hydrogen-bond acceptors (Lipinski definition) is 4. The zero-order valence-corrected chi connectivity index (χ0v) is 13.7. The van der Waals surface area contributed by atoms with Crippen molar-refractivity contribution in [2.75, 3.05) is 18.0 Å². The first kappa shape index (κ1) is 17.1. The molecule has 5 nitrogen and oxygen atoms in total. The molecule has 0 bridgehead atoms. The van der Waals surface area contributed by atoms with Gasteiger partial charge in [0, 0.05) is 19.1 Å². The van der Waals surface area contributed by atoms with Crippen molar-refractivity contribution < 1.29 is 13.9 Å². The fraction of sp³-hybridized carbons (Fsp3) is 0.529. The first-order valence-electron chi connectivity index (χ1n) is 7.73. The summed E-state index contributed by atoms with van der Waals surface area (Å²) in [5.74, 6) is -0.386. The normalized spacial score (nSPS) is 15.9. The second-order valence-electron chi connectivity index (χ2n) is 6.66. The number of anilines is 1. The number of halogens is 1. The van der Waals surface area contributed by atoms with E-state index < -0.39 is 11.7 Å². The molecule has 1 heterocycles. The molecule has 0 atom stereocenters. The summed E-state index contributed by atoms with van der Waals surface area (Å²) in [6.07, 6.45) is 0.927. The van der Waals surface area contributed by atoms with Crippen molar-refractivity contribution >= 4 is 11.8 Å². The van der Waals surface area contributed by atoms with Crippen LogP contribution in [0.15, 0.2) is 18.2 Å². The Morgan fingerprint density at radius 1 is 1.39 bits per heavy atom. The summed E-state index contributed by atoms with van der Waals surface area (Å²) in [6, 6.07) is 6.54. The van der Waals surface area contributed by atoms with Gasteiger partial charge in [0.2, 0.25) is 0 Å². The zero-order valence-electron chi connectivity index (χ0n) is 13.7. The third-order valence-electron chi connectivity index (χ3n) is 3.64. The van der Waals surface area contributed by atoms with Crippen LogP contribution < -0.4 is 10.2 Å². The van der Waals surface area contributed by atoms with Crippen molar-refractivity contribution in [2.45, 2.75) is 45.3 Å². The smallest absolute Gasteiger partial charge is 0.407 e. The minimum absolute atomic E-state index is 0.00147. The van der Waals surface area contributed by atoms with Gasteiger partial charge >= 0.3 is 6.09 Å². The van der Waals surface area contributed by atoms with E-state index in [9.17, 15) is 9.18 Å². The van der Waals surface area contributed by atoms with Crippen molar-refractivity contribution in [1.82, 2.24) is 5.32 Å². The minimum Gasteiger partial charge on any atom is -0.444 e. The SMILES string of the molecule is CC(C)(C)OC(=O)NC1CCN(c2c(F)cccc2C#N)CC1. The molecule has 1 aromatic rings. The van der Waals surface area contributed by atoms with E-state index in [1.165, 1.54) is 12.1 Å². The third-order valence-corrected chi connectivity index (χ3v) is 3.64. The molecule has 0 radical (unpaired) electrons. The van der Waals surface area contributed by atoms with E-state index in [0.29, 0.717) is 37.2 Å². The van der Waals surface area contributed by atoms with Gasteiger partial charge in [-0.25, -0.2) is 9.18 Å². The maximum absolute atomic E-state index is 14.0. The summed E-state index contributed by atoms with van der Waals surface area (Å²) in [5, 5.41) is 12.0. The first-order valence-corrected chi connectivity index (χ1v) is 7.73. The number of carbonyl (C=O) groups excluding carboxylic acids is 1. The highest BCUT2D eigenvalue weighted by molar-refractivity contribution is 5.68. The predicted octanol–water partition coefficient (Wildman–Crippen LogP) is 3.19. The number of para-hydroxylation sites is 1. The number of piperidine rings is 1. The summed E-state index contributed by atoms with van der Waals surface area (Å²) >= 11 is 0. The number of nitriles is 1. The Morgan fingerprint density at radius 2 is 2.04 bits per heavy atom. The highest BCUT2D eigenvalue weighted by Gasteiger charge is 2.26. The summed E-state index contributed by atoms with van der Waals surface area (Å²) in [5.41, 5.74) is 0.161. The van der Waals surface area contributed by atoms with E-state index >= 15 is 0 Å². The van der Waals surface area contributed by atoms with E-state index in [1.807, 2.05) is 31.7 Å². The quantitative estimate of drug-likeness (QED) is 0.909. The number of amides is 1. The number of nitrogens with zero attached hydrogens (tertiary/aromatic N) is 2. The van der Waals surface area contributed by atoms with E-state index in [2.05, 4.69) is 5.32 Å². The molecule has 124 valence electrons. The van der Waals surface area contributed by atoms with Crippen LogP contribution in [-0.2, 0) is 4.74 Å². The maximum Gasteiger partial charge on any atom is 0.407 e. The third kappa shape index (κ3) is 4.59. The molecule has 23 heavy (non-hydrogen) atoms. The molecule has 0 saturated carbocycles. The lowest BCUT2D eigenvalue weighted by molar-refractivity contribution is 0.0497. The zero-order chi connectivity index (χ0) is 17.0. The molecule has 1 N–H and O–H groups in total. The standard InChI is InChI=1S/C17H22FN3O2/c1-17(2,3)23-16(22)20-13-7-9-21(10-8-13)15-12(11-19)5-4-6-14(15)18/h4-6,13H,7-10H2,1-3H3,(H,20,22). The lowest BCUT2D eigenvalue weighted by Crippen LogP contribution is -2.46. The Morgan fingerprint density at radius 3 is 2.61 bits per heavy atom. The average Bonchev–Trinajstić information content (AvgIpc) is 2.46. The Balaban J connectivity index is 1.95. The Kier molecular flexibility index (Phi) is 5.09. The monoisotopic (exact) mass is 319 g/mol. The number of ether oxygens (including phenoxy) is 1. The van der Waals surface area contributed by atoms with Gasteiger partial charge in [0.1, 0.15) is 17.5 Å². The summed E-state index contributed by atoms with van der Waals surface area (Å²) < 4.78 is 19.3. The number of nitrogens with one attached hydrogen (secondary N) is 1. The highest BCUT2D eigenvalue weighted by atomic mass is 19.1. The average molecular weight is 319 g/mol. The molecule has 0 unspecified atom stereocenters. The van der Waals surface area contributed by atoms with Gasteiger partial charge in [-0.05, 0) is 45.7 Å². The largest absolute Gasteiger partial charge is 0.444 e. The second kappa shape index (κ2) is 6.86. The van der Waals surface area contributed by atoms with Crippen molar-refractivity contribution in [3.8, 4) is 6.07 Å². The molecule has 2 rings (SSSR count). The van der Waals surface area contributed by atoms with Crippen molar-refractivity contribution in [3.63, 3.8) is 0 Å². The molecular formula is C17H22FN3O2. The van der Waals surface area contributed by atoms with E-state index in [1.54, 1.807) is 6.07 Å². The molecular weight excluding hydrogens is 297 g/mol. The molecule has 1 amide bonds. The number of alkyl carbamates (subject to hydrolysis) is 1. The van der Waals surface area contributed by atoms with E-state index in [-0.39, 0.29) is 11.9 Å². The predicted molar refractivity (Wildman–Crippen MR) is 85.7 cm³/mol. The fourth-order valence-electron chi connectivity index (χ4n) is 2.65. The van der Waals surface area contributed by atoms with Gasteiger partial charge in [0.15, 0.2) is 0 Å². The summed E-state index contributed by atoms with van der Waals surface area (Å²) in [4.78, 5) is 13.6. The van der Waals surface area contributed by atoms with Crippen LogP contribution in [-0.4, -0.2) is 30.8 Å². The molecule has 0 spiro atoms. The number of rotatable bonds is 2. The van der Waals surface area contributed by atoms with Crippen LogP contribution >= 0.6 is 0 Å². The van der Waals surface area contributed by atoms with Gasteiger partial charge in [0.25, 0.3) is 0 Å². The molecule has 0 aromatic heterocycles. The summed E-state index contributed by atoms with van der Waals surface area (Å²) in [7, 11) is 0. The van der Waals surface area contributed by atoms with Crippen LogP contribution in [0.3, 0.4) is 0 Å². The molecule has 1 aliphatic rings. The first-order chi connectivity index (χ1) is 10.8. The molecule has 6 heteroatoms. The van der Waals surface area contributed by atoms with E-state index in [4.69, 9.17) is 10.00 Å². The van der Waals surface area contributed by atoms with Gasteiger partial charge in [-0.2, -0.15) is 5.26 Å². The van der Waals surface area contributed by atoms with E-state index in [0.717, 1.165) is 0 Å². The van der Waals surface area contributed by atoms with Crippen LogP contribution in [0.2, 0.25) is 0 Å². The van der Waals surface area contributed by atoms with Crippen molar-refractivity contribution in [2.24, 2.45) is 0 Å². The van der Waals surface area contributed by atoms with Crippen LogP contribution in [0.4, 0.5) is 14.9 Å².